The summed E-state index contributed by atoms with van der Waals surface area (Å²) in [7, 11) is 0. The zero-order chi connectivity index (χ0) is 8.72. The molecule has 3 heteroatoms. The number of benzene rings is 1. The molecule has 2 rings (SSSR count). The number of amides is 1. The fourth-order valence-corrected chi connectivity index (χ4v) is 1.47. The summed E-state index contributed by atoms with van der Waals surface area (Å²) in [5, 5.41) is 2.60. The van der Waals surface area contributed by atoms with Crippen LogP contribution in [0.2, 0.25) is 0 Å². The Balaban J connectivity index is 2.59. The Morgan fingerprint density at radius 1 is 1.50 bits per heavy atom. The van der Waals surface area contributed by atoms with E-state index in [1.165, 1.54) is 12.1 Å². The third kappa shape index (κ3) is 0.978. The van der Waals surface area contributed by atoms with Gasteiger partial charge in [0, 0.05) is 5.69 Å². The average Bonchev–Trinajstić information content (AvgIpc) is 2.29. The molecule has 1 N–H and O–H groups in total. The minimum absolute atomic E-state index is 0.0568. The standard InChI is InChI=1S/C9H8FNO/c1-5-2-6(10)3-8-7(5)4-9(12)11-8/h2-3H,4H2,1H3,(H,11,12). The second-order valence-electron chi connectivity index (χ2n) is 2.97. The normalized spacial score (nSPS) is 14.3. The summed E-state index contributed by atoms with van der Waals surface area (Å²) in [6.45, 7) is 1.81. The van der Waals surface area contributed by atoms with E-state index in [4.69, 9.17) is 0 Å². The number of carbonyl (C=O) groups is 1. The predicted molar refractivity (Wildman–Crippen MR) is 43.5 cm³/mol. The number of halogens is 1. The second kappa shape index (κ2) is 2.30. The number of rotatable bonds is 0. The van der Waals surface area contributed by atoms with Gasteiger partial charge < -0.3 is 5.32 Å². The van der Waals surface area contributed by atoms with E-state index in [2.05, 4.69) is 5.32 Å². The molecule has 1 aliphatic rings. The highest BCUT2D eigenvalue weighted by atomic mass is 19.1. The molecule has 0 atom stereocenters. The van der Waals surface area contributed by atoms with E-state index in [1.54, 1.807) is 0 Å². The van der Waals surface area contributed by atoms with Gasteiger partial charge in [-0.1, -0.05) is 0 Å². The van der Waals surface area contributed by atoms with Crippen molar-refractivity contribution in [2.75, 3.05) is 5.32 Å². The molecular formula is C9H8FNO. The summed E-state index contributed by atoms with van der Waals surface area (Å²) in [6, 6.07) is 2.80. The molecule has 1 aliphatic heterocycles. The van der Waals surface area contributed by atoms with Gasteiger partial charge in [-0.2, -0.15) is 0 Å². The minimum Gasteiger partial charge on any atom is -0.325 e. The van der Waals surface area contributed by atoms with Gasteiger partial charge in [-0.25, -0.2) is 4.39 Å². The van der Waals surface area contributed by atoms with Crippen LogP contribution in [0.25, 0.3) is 0 Å². The molecule has 2 nitrogen and oxygen atoms in total. The zero-order valence-corrected chi connectivity index (χ0v) is 6.65. The van der Waals surface area contributed by atoms with E-state index in [0.29, 0.717) is 12.1 Å². The number of carbonyl (C=O) groups excluding carboxylic acids is 1. The van der Waals surface area contributed by atoms with Crippen LogP contribution in [-0.2, 0) is 11.2 Å². The van der Waals surface area contributed by atoms with Crippen LogP contribution in [0.5, 0.6) is 0 Å². The molecule has 0 fully saturated rings. The Morgan fingerprint density at radius 3 is 3.00 bits per heavy atom. The van der Waals surface area contributed by atoms with Crippen LogP contribution < -0.4 is 5.32 Å². The number of anilines is 1. The molecule has 0 saturated heterocycles. The third-order valence-electron chi connectivity index (χ3n) is 2.05. The lowest BCUT2D eigenvalue weighted by Gasteiger charge is -2.01. The molecule has 0 aromatic heterocycles. The highest BCUT2D eigenvalue weighted by Crippen LogP contribution is 2.26. The van der Waals surface area contributed by atoms with Crippen molar-refractivity contribution in [3.8, 4) is 0 Å². The van der Waals surface area contributed by atoms with Crippen LogP contribution in [0, 0.1) is 12.7 Å². The van der Waals surface area contributed by atoms with Crippen LogP contribution in [0.3, 0.4) is 0 Å². The maximum atomic E-state index is 12.8. The summed E-state index contributed by atoms with van der Waals surface area (Å²) in [5.74, 6) is -0.354. The fraction of sp³-hybridized carbons (Fsp3) is 0.222. The van der Waals surface area contributed by atoms with E-state index in [-0.39, 0.29) is 11.7 Å². The summed E-state index contributed by atoms with van der Waals surface area (Å²) >= 11 is 0. The van der Waals surface area contributed by atoms with E-state index < -0.39 is 0 Å². The minimum atomic E-state index is -0.298. The molecular weight excluding hydrogens is 157 g/mol. The van der Waals surface area contributed by atoms with Crippen molar-refractivity contribution < 1.29 is 9.18 Å². The van der Waals surface area contributed by atoms with Gasteiger partial charge in [-0.05, 0) is 30.2 Å². The van der Waals surface area contributed by atoms with E-state index in [9.17, 15) is 9.18 Å². The van der Waals surface area contributed by atoms with Crippen molar-refractivity contribution in [2.45, 2.75) is 13.3 Å². The number of hydrogen-bond donors (Lipinski definition) is 1. The molecule has 1 amide bonds. The van der Waals surface area contributed by atoms with Gasteiger partial charge in [0.05, 0.1) is 6.42 Å². The number of aryl methyl sites for hydroxylation is 1. The molecule has 62 valence electrons. The second-order valence-corrected chi connectivity index (χ2v) is 2.97. The highest BCUT2D eigenvalue weighted by molar-refractivity contribution is 5.99. The van der Waals surface area contributed by atoms with Gasteiger partial charge in [-0.3, -0.25) is 4.79 Å². The Labute approximate surface area is 69.4 Å². The summed E-state index contributed by atoms with van der Waals surface area (Å²) < 4.78 is 12.8. The topological polar surface area (TPSA) is 29.1 Å². The summed E-state index contributed by atoms with van der Waals surface area (Å²) in [4.78, 5) is 10.9. The first-order valence-corrected chi connectivity index (χ1v) is 3.75. The van der Waals surface area contributed by atoms with Crippen LogP contribution >= 0.6 is 0 Å². The van der Waals surface area contributed by atoms with Crippen molar-refractivity contribution in [1.82, 2.24) is 0 Å². The molecule has 12 heavy (non-hydrogen) atoms. The Kier molecular flexibility index (Phi) is 1.40. The molecule has 1 heterocycles. The first-order valence-electron chi connectivity index (χ1n) is 3.75. The van der Waals surface area contributed by atoms with E-state index >= 15 is 0 Å². The van der Waals surface area contributed by atoms with Crippen LogP contribution in [0.4, 0.5) is 10.1 Å². The number of nitrogens with one attached hydrogen (secondary N) is 1. The van der Waals surface area contributed by atoms with Gasteiger partial charge in [0.25, 0.3) is 0 Å². The van der Waals surface area contributed by atoms with Crippen molar-refractivity contribution >= 4 is 11.6 Å². The van der Waals surface area contributed by atoms with Crippen LogP contribution in [0.15, 0.2) is 12.1 Å². The lowest BCUT2D eigenvalue weighted by molar-refractivity contribution is -0.115. The number of fused-ring (bicyclic) bond motifs is 1. The molecule has 0 saturated carbocycles. The molecule has 0 unspecified atom stereocenters. The van der Waals surface area contributed by atoms with Crippen LogP contribution in [-0.4, -0.2) is 5.91 Å². The average molecular weight is 165 g/mol. The quantitative estimate of drug-likeness (QED) is 0.622. The van der Waals surface area contributed by atoms with E-state index in [1.807, 2.05) is 6.92 Å². The molecule has 0 radical (unpaired) electrons. The van der Waals surface area contributed by atoms with Gasteiger partial charge in [0.1, 0.15) is 5.82 Å². The fourth-order valence-electron chi connectivity index (χ4n) is 1.47. The van der Waals surface area contributed by atoms with Gasteiger partial charge in [0.15, 0.2) is 0 Å². The van der Waals surface area contributed by atoms with Crippen molar-refractivity contribution in [3.05, 3.63) is 29.1 Å². The van der Waals surface area contributed by atoms with Crippen molar-refractivity contribution in [1.29, 1.82) is 0 Å². The Morgan fingerprint density at radius 2 is 2.25 bits per heavy atom. The molecule has 0 spiro atoms. The zero-order valence-electron chi connectivity index (χ0n) is 6.65. The molecule has 1 aromatic carbocycles. The highest BCUT2D eigenvalue weighted by Gasteiger charge is 2.19. The van der Waals surface area contributed by atoms with Gasteiger partial charge in [-0.15, -0.1) is 0 Å². The van der Waals surface area contributed by atoms with Crippen molar-refractivity contribution in [2.24, 2.45) is 0 Å². The maximum Gasteiger partial charge on any atom is 0.228 e. The van der Waals surface area contributed by atoms with E-state index in [0.717, 1.165) is 11.1 Å². The smallest absolute Gasteiger partial charge is 0.228 e. The van der Waals surface area contributed by atoms with Crippen LogP contribution in [0.1, 0.15) is 11.1 Å². The SMILES string of the molecule is Cc1cc(F)cc2c1CC(=O)N2. The summed E-state index contributed by atoms with van der Waals surface area (Å²) in [5.41, 5.74) is 2.38. The third-order valence-corrected chi connectivity index (χ3v) is 2.05. The number of hydrogen-bond acceptors (Lipinski definition) is 1. The monoisotopic (exact) mass is 165 g/mol. The van der Waals surface area contributed by atoms with Crippen molar-refractivity contribution in [3.63, 3.8) is 0 Å². The first-order chi connectivity index (χ1) is 5.66. The van der Waals surface area contributed by atoms with Gasteiger partial charge in [0.2, 0.25) is 5.91 Å². The predicted octanol–water partition coefficient (Wildman–Crippen LogP) is 1.63. The molecule has 0 bridgehead atoms. The molecule has 1 aromatic rings. The Hall–Kier alpha value is -1.38. The van der Waals surface area contributed by atoms with Gasteiger partial charge >= 0.3 is 0 Å². The molecule has 0 aliphatic carbocycles. The lowest BCUT2D eigenvalue weighted by Crippen LogP contribution is -2.03. The summed E-state index contributed by atoms with van der Waals surface area (Å²) in [6.07, 6.45) is 0.376. The maximum absolute atomic E-state index is 12.8. The first kappa shape index (κ1) is 7.28. The Bertz CT molecular complexity index is 360. The largest absolute Gasteiger partial charge is 0.325 e. The lowest BCUT2D eigenvalue weighted by atomic mass is 10.1.